The molecule has 0 spiro atoms. The van der Waals surface area contributed by atoms with Gasteiger partial charge in [-0.25, -0.2) is 4.99 Å². The fraction of sp³-hybridized carbons (Fsp3) is 0.364. The number of aliphatic imine (C=N–C) groups is 1. The molecule has 0 aliphatic carbocycles. The third-order valence-corrected chi connectivity index (χ3v) is 4.22. The molecule has 2 rings (SSSR count). The molecule has 10 heteroatoms. The van der Waals surface area contributed by atoms with Gasteiger partial charge in [0, 0.05) is 26.2 Å². The number of benzene rings is 2. The molecule has 2 N–H and O–H groups in total. The molecule has 0 radical (unpaired) electrons. The minimum Gasteiger partial charge on any atom is -0.492 e. The Balaban J connectivity index is 0.00000512. The Morgan fingerprint density at radius 3 is 2.19 bits per heavy atom. The fourth-order valence-electron chi connectivity index (χ4n) is 2.60. The lowest BCUT2D eigenvalue weighted by Gasteiger charge is -2.13. The van der Waals surface area contributed by atoms with Crippen molar-refractivity contribution in [3.8, 4) is 5.75 Å². The molecule has 1 amide bonds. The number of ether oxygens (including phenoxy) is 1. The second-order valence-electron chi connectivity index (χ2n) is 6.89. The van der Waals surface area contributed by atoms with Gasteiger partial charge >= 0.3 is 6.18 Å². The van der Waals surface area contributed by atoms with E-state index >= 15 is 0 Å². The molecular weight excluding hydrogens is 536 g/mol. The highest BCUT2D eigenvalue weighted by atomic mass is 127. The van der Waals surface area contributed by atoms with E-state index in [1.54, 1.807) is 26.2 Å². The highest BCUT2D eigenvalue weighted by Crippen LogP contribution is 2.30. The van der Waals surface area contributed by atoms with Gasteiger partial charge in [0.2, 0.25) is 0 Å². The Morgan fingerprint density at radius 1 is 1.03 bits per heavy atom. The van der Waals surface area contributed by atoms with Gasteiger partial charge in [-0.3, -0.25) is 4.79 Å². The van der Waals surface area contributed by atoms with Crippen molar-refractivity contribution in [2.45, 2.75) is 19.6 Å². The summed E-state index contributed by atoms with van der Waals surface area (Å²) in [7, 11) is 3.41. The van der Waals surface area contributed by atoms with Crippen LogP contribution < -0.4 is 15.4 Å². The highest BCUT2D eigenvalue weighted by Gasteiger charge is 2.29. The van der Waals surface area contributed by atoms with Crippen molar-refractivity contribution in [2.24, 2.45) is 4.99 Å². The van der Waals surface area contributed by atoms with Crippen molar-refractivity contribution in [3.05, 3.63) is 65.2 Å². The molecule has 2 aromatic carbocycles. The quantitative estimate of drug-likeness (QED) is 0.219. The number of guanidine groups is 1. The molecule has 0 atom stereocenters. The molecule has 0 saturated carbocycles. The number of halogens is 4. The van der Waals surface area contributed by atoms with E-state index in [9.17, 15) is 18.0 Å². The van der Waals surface area contributed by atoms with Crippen LogP contribution in [0.25, 0.3) is 0 Å². The predicted molar refractivity (Wildman–Crippen MR) is 130 cm³/mol. The summed E-state index contributed by atoms with van der Waals surface area (Å²) in [5, 5.41) is 6.23. The summed E-state index contributed by atoms with van der Waals surface area (Å²) < 4.78 is 43.2. The lowest BCUT2D eigenvalue weighted by molar-refractivity contribution is -0.137. The monoisotopic (exact) mass is 564 g/mol. The number of carbonyl (C=O) groups is 1. The van der Waals surface area contributed by atoms with Crippen LogP contribution in [0.3, 0.4) is 0 Å². The van der Waals surface area contributed by atoms with Gasteiger partial charge in [-0.05, 0) is 48.9 Å². The fourth-order valence-corrected chi connectivity index (χ4v) is 2.60. The standard InChI is InChI=1S/C22H27F3N4O2.HI/c1-4-26-21(28-15-16-5-7-17(8-6-16)20(30)29(2)3)27-13-14-31-19-11-9-18(10-12-19)22(23,24)25;/h5-12H,4,13-15H2,1-3H3,(H2,26,27,28);1H. The van der Waals surface area contributed by atoms with Gasteiger partial charge in [0.05, 0.1) is 18.7 Å². The maximum Gasteiger partial charge on any atom is 0.416 e. The lowest BCUT2D eigenvalue weighted by Crippen LogP contribution is -2.39. The minimum absolute atomic E-state index is 0. The van der Waals surface area contributed by atoms with E-state index in [1.807, 2.05) is 19.1 Å². The molecule has 0 unspecified atom stereocenters. The predicted octanol–water partition coefficient (Wildman–Crippen LogP) is 4.16. The van der Waals surface area contributed by atoms with Crippen molar-refractivity contribution in [3.63, 3.8) is 0 Å². The summed E-state index contributed by atoms with van der Waals surface area (Å²) >= 11 is 0. The minimum atomic E-state index is -4.36. The summed E-state index contributed by atoms with van der Waals surface area (Å²) in [6.45, 7) is 3.71. The first kappa shape index (κ1) is 27.5. The van der Waals surface area contributed by atoms with Crippen molar-refractivity contribution < 1.29 is 22.7 Å². The Hall–Kier alpha value is -2.50. The number of carbonyl (C=O) groups excluding carboxylic acids is 1. The van der Waals surface area contributed by atoms with Crippen LogP contribution in [-0.4, -0.2) is 50.6 Å². The zero-order valence-corrected chi connectivity index (χ0v) is 20.5. The number of nitrogens with zero attached hydrogens (tertiary/aromatic N) is 2. The van der Waals surface area contributed by atoms with Crippen molar-refractivity contribution in [1.82, 2.24) is 15.5 Å². The normalized spacial score (nSPS) is 11.4. The van der Waals surface area contributed by atoms with E-state index in [-0.39, 0.29) is 36.5 Å². The molecule has 32 heavy (non-hydrogen) atoms. The zero-order valence-electron chi connectivity index (χ0n) is 18.2. The van der Waals surface area contributed by atoms with Gasteiger partial charge in [-0.1, -0.05) is 12.1 Å². The molecular formula is C22H28F3IN4O2. The number of rotatable bonds is 8. The van der Waals surface area contributed by atoms with Crippen LogP contribution in [0.1, 0.15) is 28.4 Å². The summed E-state index contributed by atoms with van der Waals surface area (Å²) in [5.41, 5.74) is 0.857. The molecule has 0 aliphatic rings. The van der Waals surface area contributed by atoms with Gasteiger partial charge in [-0.2, -0.15) is 13.2 Å². The lowest BCUT2D eigenvalue weighted by atomic mass is 10.1. The third-order valence-electron chi connectivity index (χ3n) is 4.22. The smallest absolute Gasteiger partial charge is 0.416 e. The number of hydrogen-bond acceptors (Lipinski definition) is 3. The Bertz CT molecular complexity index is 870. The van der Waals surface area contributed by atoms with Crippen LogP contribution in [0.2, 0.25) is 0 Å². The molecule has 0 bridgehead atoms. The van der Waals surface area contributed by atoms with E-state index < -0.39 is 11.7 Å². The van der Waals surface area contributed by atoms with E-state index in [4.69, 9.17) is 4.74 Å². The summed E-state index contributed by atoms with van der Waals surface area (Å²) in [6.07, 6.45) is -4.36. The first-order chi connectivity index (χ1) is 14.7. The van der Waals surface area contributed by atoms with E-state index in [2.05, 4.69) is 15.6 Å². The third kappa shape index (κ3) is 8.93. The largest absolute Gasteiger partial charge is 0.492 e. The number of amides is 1. The van der Waals surface area contributed by atoms with Crippen LogP contribution in [0, 0.1) is 0 Å². The zero-order chi connectivity index (χ0) is 22.9. The van der Waals surface area contributed by atoms with Crippen LogP contribution >= 0.6 is 24.0 Å². The number of nitrogens with one attached hydrogen (secondary N) is 2. The Morgan fingerprint density at radius 2 is 1.66 bits per heavy atom. The summed E-state index contributed by atoms with van der Waals surface area (Å²) in [5.74, 6) is 0.897. The first-order valence-corrected chi connectivity index (χ1v) is 9.83. The first-order valence-electron chi connectivity index (χ1n) is 9.83. The van der Waals surface area contributed by atoms with Gasteiger partial charge in [0.25, 0.3) is 5.91 Å². The molecule has 0 fully saturated rings. The van der Waals surface area contributed by atoms with Crippen molar-refractivity contribution in [2.75, 3.05) is 33.8 Å². The Kier molecular flexibility index (Phi) is 11.3. The van der Waals surface area contributed by atoms with Gasteiger partial charge in [0.1, 0.15) is 12.4 Å². The van der Waals surface area contributed by atoms with Crippen LogP contribution in [0.4, 0.5) is 13.2 Å². The molecule has 0 aromatic heterocycles. The van der Waals surface area contributed by atoms with Gasteiger partial charge in [0.15, 0.2) is 5.96 Å². The molecule has 2 aromatic rings. The second-order valence-corrected chi connectivity index (χ2v) is 6.89. The average Bonchev–Trinajstić information content (AvgIpc) is 2.74. The summed E-state index contributed by atoms with van der Waals surface area (Å²) in [6, 6.07) is 11.8. The van der Waals surface area contributed by atoms with Gasteiger partial charge < -0.3 is 20.3 Å². The van der Waals surface area contributed by atoms with Crippen LogP contribution in [0.5, 0.6) is 5.75 Å². The van der Waals surface area contributed by atoms with Crippen LogP contribution in [-0.2, 0) is 12.7 Å². The number of hydrogen-bond donors (Lipinski definition) is 2. The van der Waals surface area contributed by atoms with Crippen molar-refractivity contribution in [1.29, 1.82) is 0 Å². The molecule has 0 aliphatic heterocycles. The van der Waals surface area contributed by atoms with E-state index in [0.29, 0.717) is 36.9 Å². The topological polar surface area (TPSA) is 66.0 Å². The van der Waals surface area contributed by atoms with E-state index in [1.165, 1.54) is 17.0 Å². The molecule has 176 valence electrons. The second kappa shape index (κ2) is 13.1. The maximum atomic E-state index is 12.6. The summed E-state index contributed by atoms with van der Waals surface area (Å²) in [4.78, 5) is 17.9. The maximum absolute atomic E-state index is 12.6. The molecule has 6 nitrogen and oxygen atoms in total. The van der Waals surface area contributed by atoms with E-state index in [0.717, 1.165) is 17.7 Å². The highest BCUT2D eigenvalue weighted by molar-refractivity contribution is 14.0. The SMILES string of the molecule is CCNC(=NCc1ccc(C(=O)N(C)C)cc1)NCCOc1ccc(C(F)(F)F)cc1.I. The average molecular weight is 564 g/mol. The molecule has 0 saturated heterocycles. The Labute approximate surface area is 203 Å². The number of alkyl halides is 3. The van der Waals surface area contributed by atoms with Crippen molar-refractivity contribution >= 4 is 35.8 Å². The van der Waals surface area contributed by atoms with Crippen LogP contribution in [0.15, 0.2) is 53.5 Å². The van der Waals surface area contributed by atoms with Gasteiger partial charge in [-0.15, -0.1) is 24.0 Å². The molecule has 0 heterocycles.